The van der Waals surface area contributed by atoms with Crippen LogP contribution in [0, 0.1) is 0 Å². The molecule has 0 spiro atoms. The van der Waals surface area contributed by atoms with Gasteiger partial charge in [-0.2, -0.15) is 9.36 Å². The summed E-state index contributed by atoms with van der Waals surface area (Å²) in [7, 11) is 0. The number of nitrogens with one attached hydrogen (secondary N) is 1. The molecule has 0 radical (unpaired) electrons. The summed E-state index contributed by atoms with van der Waals surface area (Å²) in [5.41, 5.74) is 0. The van der Waals surface area contributed by atoms with E-state index in [1.807, 2.05) is 11.5 Å². The van der Waals surface area contributed by atoms with E-state index in [1.165, 1.54) is 0 Å². The summed E-state index contributed by atoms with van der Waals surface area (Å²) in [5, 5.41) is 11.8. The van der Waals surface area contributed by atoms with Crippen LogP contribution in [-0.2, 0) is 6.54 Å². The Balaban J connectivity index is 2.00. The van der Waals surface area contributed by atoms with E-state index in [2.05, 4.69) is 24.9 Å². The molecule has 7 nitrogen and oxygen atoms in total. The maximum absolute atomic E-state index is 7.43. The number of nitrogens with zero attached hydrogens (tertiary/aromatic N) is 6. The van der Waals surface area contributed by atoms with Gasteiger partial charge in [0.05, 0.1) is 6.04 Å². The maximum Gasteiger partial charge on any atom is 0.237 e. The minimum absolute atomic E-state index is 0.0358. The van der Waals surface area contributed by atoms with Crippen LogP contribution in [-0.4, -0.2) is 44.6 Å². The molecular formula is C10H15N7S. The zero-order valence-electron chi connectivity index (χ0n) is 15.6. The van der Waals surface area contributed by atoms with Crippen LogP contribution in [0.4, 0.5) is 5.95 Å². The SMILES string of the molecule is [2H]C([2H])([2H])N(c1nsc(-c2nnc3n2CCN[C@@H]3C)n1)C([2H])([2H])[2H]. The van der Waals surface area contributed by atoms with Gasteiger partial charge in [0, 0.05) is 35.3 Å². The molecule has 2 aromatic rings. The van der Waals surface area contributed by atoms with Gasteiger partial charge in [-0.25, -0.2) is 0 Å². The zero-order valence-corrected chi connectivity index (χ0v) is 10.4. The maximum atomic E-state index is 7.43. The molecule has 0 amide bonds. The molecule has 3 heterocycles. The van der Waals surface area contributed by atoms with Gasteiger partial charge in [0.2, 0.25) is 5.95 Å². The zero-order chi connectivity index (χ0) is 17.7. The number of hydrogen-bond donors (Lipinski definition) is 1. The molecule has 8 heteroatoms. The summed E-state index contributed by atoms with van der Waals surface area (Å²) in [6.07, 6.45) is 0. The number of fused-ring (bicyclic) bond motifs is 1. The van der Waals surface area contributed by atoms with E-state index in [0.29, 0.717) is 17.4 Å². The minimum atomic E-state index is -2.88. The number of hydrogen-bond acceptors (Lipinski definition) is 7. The summed E-state index contributed by atoms with van der Waals surface area (Å²) in [4.78, 5) is 4.35. The number of rotatable bonds is 2. The fourth-order valence-electron chi connectivity index (χ4n) is 1.90. The lowest BCUT2D eigenvalue weighted by molar-refractivity contribution is 0.439. The second-order valence-corrected chi connectivity index (χ2v) is 4.70. The van der Waals surface area contributed by atoms with Gasteiger partial charge in [-0.05, 0) is 18.5 Å². The molecule has 0 bridgehead atoms. The molecule has 0 saturated heterocycles. The van der Waals surface area contributed by atoms with Gasteiger partial charge in [0.15, 0.2) is 10.8 Å². The van der Waals surface area contributed by atoms with Crippen molar-refractivity contribution in [2.45, 2.75) is 19.5 Å². The Morgan fingerprint density at radius 1 is 1.50 bits per heavy atom. The highest BCUT2D eigenvalue weighted by Crippen LogP contribution is 2.26. The third-order valence-corrected chi connectivity index (χ3v) is 3.46. The van der Waals surface area contributed by atoms with Crippen molar-refractivity contribution in [3.05, 3.63) is 5.82 Å². The Labute approximate surface area is 117 Å². The van der Waals surface area contributed by atoms with Gasteiger partial charge >= 0.3 is 0 Å². The smallest absolute Gasteiger partial charge is 0.237 e. The molecular weight excluding hydrogens is 250 g/mol. The number of aromatic nitrogens is 5. The Morgan fingerprint density at radius 2 is 2.39 bits per heavy atom. The van der Waals surface area contributed by atoms with Crippen molar-refractivity contribution >= 4 is 17.5 Å². The highest BCUT2D eigenvalue weighted by atomic mass is 32.1. The van der Waals surface area contributed by atoms with Crippen LogP contribution in [0.5, 0.6) is 0 Å². The molecule has 1 N–H and O–H groups in total. The normalized spacial score (nSPS) is 25.1. The minimum Gasteiger partial charge on any atom is -0.346 e. The summed E-state index contributed by atoms with van der Waals surface area (Å²) in [6.45, 7) is -2.43. The average molecular weight is 271 g/mol. The monoisotopic (exact) mass is 271 g/mol. The Bertz CT molecular complexity index is 721. The molecule has 0 saturated carbocycles. The van der Waals surface area contributed by atoms with Crippen molar-refractivity contribution in [3.8, 4) is 10.8 Å². The molecule has 1 atom stereocenters. The van der Waals surface area contributed by atoms with E-state index in [1.54, 1.807) is 0 Å². The third-order valence-electron chi connectivity index (χ3n) is 2.76. The van der Waals surface area contributed by atoms with Gasteiger partial charge in [-0.1, -0.05) is 0 Å². The van der Waals surface area contributed by atoms with E-state index in [4.69, 9.17) is 8.22 Å². The summed E-state index contributed by atoms with van der Waals surface area (Å²) in [6, 6.07) is 0.0358. The molecule has 0 fully saturated rings. The highest BCUT2D eigenvalue weighted by Gasteiger charge is 2.24. The molecule has 1 aliphatic heterocycles. The molecule has 2 aromatic heterocycles. The van der Waals surface area contributed by atoms with Crippen LogP contribution in [0.2, 0.25) is 0 Å². The standard InChI is InChI=1S/C10H15N7S/c1-6-7-13-14-8(17(7)5-4-11-6)9-12-10(15-18-9)16(2)3/h6,11H,4-5H2,1-3H3/t6-/m1/s1/i2D3,3D3. The van der Waals surface area contributed by atoms with Crippen LogP contribution in [0.3, 0.4) is 0 Å². The van der Waals surface area contributed by atoms with E-state index < -0.39 is 14.0 Å². The van der Waals surface area contributed by atoms with E-state index in [9.17, 15) is 0 Å². The largest absolute Gasteiger partial charge is 0.346 e. The predicted octanol–water partition coefficient (Wildman–Crippen LogP) is 0.527. The molecule has 1 aliphatic rings. The van der Waals surface area contributed by atoms with Crippen molar-refractivity contribution < 1.29 is 8.22 Å². The predicted molar refractivity (Wildman–Crippen MR) is 69.7 cm³/mol. The quantitative estimate of drug-likeness (QED) is 0.859. The lowest BCUT2D eigenvalue weighted by Crippen LogP contribution is -2.32. The van der Waals surface area contributed by atoms with Crippen LogP contribution >= 0.6 is 11.5 Å². The van der Waals surface area contributed by atoms with Crippen molar-refractivity contribution in [2.75, 3.05) is 25.4 Å². The van der Waals surface area contributed by atoms with Gasteiger partial charge in [-0.15, -0.1) is 10.2 Å². The summed E-state index contributed by atoms with van der Waals surface area (Å²) in [5.74, 6) is 0.837. The third kappa shape index (κ3) is 1.77. The number of anilines is 1. The van der Waals surface area contributed by atoms with Crippen LogP contribution in [0.15, 0.2) is 0 Å². The second kappa shape index (κ2) is 4.29. The Morgan fingerprint density at radius 3 is 3.22 bits per heavy atom. The molecule has 3 rings (SSSR count). The molecule has 0 unspecified atom stereocenters. The van der Waals surface area contributed by atoms with Crippen LogP contribution in [0.25, 0.3) is 10.8 Å². The van der Waals surface area contributed by atoms with Gasteiger partial charge in [-0.3, -0.25) is 0 Å². The summed E-state index contributed by atoms with van der Waals surface area (Å²) < 4.78 is 50.3. The van der Waals surface area contributed by atoms with E-state index >= 15 is 0 Å². The topological polar surface area (TPSA) is 71.8 Å². The Kier molecular flexibility index (Phi) is 1.57. The average Bonchev–Trinajstić information content (AvgIpc) is 3.02. The lowest BCUT2D eigenvalue weighted by Gasteiger charge is -2.21. The lowest BCUT2D eigenvalue weighted by atomic mass is 10.2. The fourth-order valence-corrected chi connectivity index (χ4v) is 2.54. The van der Waals surface area contributed by atoms with Crippen LogP contribution in [0.1, 0.15) is 27.0 Å². The van der Waals surface area contributed by atoms with Gasteiger partial charge in [0.1, 0.15) is 5.82 Å². The van der Waals surface area contributed by atoms with Crippen molar-refractivity contribution in [1.29, 1.82) is 0 Å². The highest BCUT2D eigenvalue weighted by molar-refractivity contribution is 7.09. The van der Waals surface area contributed by atoms with E-state index in [0.717, 1.165) is 23.9 Å². The first-order valence-corrected chi connectivity index (χ1v) is 6.17. The van der Waals surface area contributed by atoms with Gasteiger partial charge in [0.25, 0.3) is 0 Å². The molecule has 18 heavy (non-hydrogen) atoms. The van der Waals surface area contributed by atoms with Crippen molar-refractivity contribution in [3.63, 3.8) is 0 Å². The molecule has 0 aliphatic carbocycles. The first-order chi connectivity index (χ1) is 11.1. The second-order valence-electron chi connectivity index (χ2n) is 3.94. The first-order valence-electron chi connectivity index (χ1n) is 8.40. The van der Waals surface area contributed by atoms with Crippen molar-refractivity contribution in [2.24, 2.45) is 0 Å². The molecule has 0 aromatic carbocycles. The van der Waals surface area contributed by atoms with Crippen molar-refractivity contribution in [1.82, 2.24) is 29.4 Å². The van der Waals surface area contributed by atoms with Gasteiger partial charge < -0.3 is 14.8 Å². The summed E-state index contributed by atoms with van der Waals surface area (Å²) >= 11 is 0.895. The molecule has 96 valence electrons. The van der Waals surface area contributed by atoms with Crippen LogP contribution < -0.4 is 10.2 Å². The Hall–Kier alpha value is -1.54. The van der Waals surface area contributed by atoms with E-state index in [-0.39, 0.29) is 16.9 Å². The fraction of sp³-hybridized carbons (Fsp3) is 0.600. The first kappa shape index (κ1) is 6.58.